The number of aromatic nitrogens is 1. The van der Waals surface area contributed by atoms with E-state index in [1.54, 1.807) is 6.07 Å². The number of hydrogen-bond donors (Lipinski definition) is 1. The van der Waals surface area contributed by atoms with Crippen LogP contribution in [0, 0.1) is 5.92 Å². The molecule has 0 spiro atoms. The monoisotopic (exact) mass is 481 g/mol. The predicted octanol–water partition coefficient (Wildman–Crippen LogP) is 2.13. The molecule has 2 aliphatic rings. The van der Waals surface area contributed by atoms with Crippen LogP contribution in [0.15, 0.2) is 29.3 Å². The summed E-state index contributed by atoms with van der Waals surface area (Å²) in [5, 5.41) is 3.00. The molecule has 4 rings (SSSR count). The van der Waals surface area contributed by atoms with Crippen molar-refractivity contribution < 1.29 is 32.2 Å². The average Bonchev–Trinajstić information content (AvgIpc) is 3.14. The summed E-state index contributed by atoms with van der Waals surface area (Å²) in [6, 6.07) is 4.63. The van der Waals surface area contributed by atoms with Crippen molar-refractivity contribution in [1.82, 2.24) is 9.29 Å². The van der Waals surface area contributed by atoms with Gasteiger partial charge >= 0.3 is 5.97 Å². The summed E-state index contributed by atoms with van der Waals surface area (Å²) in [5.74, 6) is -0.155. The molecule has 0 aliphatic carbocycles. The first-order valence-corrected chi connectivity index (χ1v) is 12.4. The molecule has 1 amide bonds. The minimum absolute atomic E-state index is 0.141. The smallest absolute Gasteiger partial charge is 0.349 e. The Morgan fingerprint density at radius 1 is 1.19 bits per heavy atom. The van der Waals surface area contributed by atoms with Crippen molar-refractivity contribution in [2.75, 3.05) is 38.7 Å². The van der Waals surface area contributed by atoms with Gasteiger partial charge in [-0.05, 0) is 25.0 Å². The van der Waals surface area contributed by atoms with Gasteiger partial charge in [0.2, 0.25) is 15.9 Å². The molecule has 2 aromatic rings. The lowest BCUT2D eigenvalue weighted by Gasteiger charge is -2.30. The molecule has 1 aromatic carbocycles. The van der Waals surface area contributed by atoms with Gasteiger partial charge in [-0.1, -0.05) is 11.3 Å². The van der Waals surface area contributed by atoms with Crippen LogP contribution in [0.25, 0.3) is 0 Å². The lowest BCUT2D eigenvalue weighted by molar-refractivity contribution is -0.120. The fourth-order valence-corrected chi connectivity index (χ4v) is 5.77. The number of rotatable bonds is 5. The van der Waals surface area contributed by atoms with Gasteiger partial charge in [-0.3, -0.25) is 4.79 Å². The van der Waals surface area contributed by atoms with Gasteiger partial charge in [0.15, 0.2) is 16.6 Å². The van der Waals surface area contributed by atoms with Crippen LogP contribution in [-0.4, -0.2) is 63.0 Å². The summed E-state index contributed by atoms with van der Waals surface area (Å²) in [4.78, 5) is 28.5. The second kappa shape index (κ2) is 9.43. The van der Waals surface area contributed by atoms with Crippen LogP contribution in [0.2, 0.25) is 0 Å². The maximum Gasteiger partial charge on any atom is 0.349 e. The molecular formula is C20H23N3O7S2. The molecule has 1 saturated heterocycles. The molecule has 2 aliphatic heterocycles. The Hall–Kier alpha value is -2.70. The van der Waals surface area contributed by atoms with Gasteiger partial charge in [-0.25, -0.2) is 18.2 Å². The normalized spacial score (nSPS) is 17.4. The number of carbonyl (C=O) groups excluding carboxylic acids is 2. The van der Waals surface area contributed by atoms with E-state index >= 15 is 0 Å². The summed E-state index contributed by atoms with van der Waals surface area (Å²) < 4.78 is 43.4. The van der Waals surface area contributed by atoms with Crippen LogP contribution in [0.1, 0.15) is 28.9 Å². The number of hydrogen-bond acceptors (Lipinski definition) is 9. The number of sulfonamides is 1. The Morgan fingerprint density at radius 3 is 2.62 bits per heavy atom. The SMILES string of the molecule is COC(=O)c1cnc(NC(=O)C2CCN(S(=O)(=O)c3ccc4c(c3)OCCCO4)CC2)s1. The Labute approximate surface area is 189 Å². The number of benzene rings is 1. The second-order valence-electron chi connectivity index (χ2n) is 7.35. The first-order valence-electron chi connectivity index (χ1n) is 10.1. The van der Waals surface area contributed by atoms with Crippen LogP contribution in [-0.2, 0) is 19.6 Å². The highest BCUT2D eigenvalue weighted by Gasteiger charge is 2.33. The van der Waals surface area contributed by atoms with E-state index in [4.69, 9.17) is 9.47 Å². The lowest BCUT2D eigenvalue weighted by Crippen LogP contribution is -2.41. The van der Waals surface area contributed by atoms with E-state index < -0.39 is 16.0 Å². The fourth-order valence-electron chi connectivity index (χ4n) is 3.55. The van der Waals surface area contributed by atoms with Crippen molar-refractivity contribution in [2.24, 2.45) is 5.92 Å². The van der Waals surface area contributed by atoms with Crippen molar-refractivity contribution in [3.63, 3.8) is 0 Å². The number of amides is 1. The predicted molar refractivity (Wildman–Crippen MR) is 116 cm³/mol. The van der Waals surface area contributed by atoms with Gasteiger partial charge in [0.1, 0.15) is 4.88 Å². The quantitative estimate of drug-likeness (QED) is 0.644. The number of esters is 1. The summed E-state index contributed by atoms with van der Waals surface area (Å²) in [7, 11) is -2.45. The molecule has 10 nitrogen and oxygen atoms in total. The Bertz CT molecular complexity index is 1110. The number of nitrogens with zero attached hydrogens (tertiary/aromatic N) is 2. The van der Waals surface area contributed by atoms with E-state index in [1.165, 1.54) is 29.7 Å². The van der Waals surface area contributed by atoms with Crippen LogP contribution in [0.5, 0.6) is 11.5 Å². The largest absolute Gasteiger partial charge is 0.490 e. The first-order chi connectivity index (χ1) is 15.4. The molecule has 172 valence electrons. The average molecular weight is 482 g/mol. The number of anilines is 1. The lowest BCUT2D eigenvalue weighted by atomic mass is 9.97. The molecule has 1 aromatic heterocycles. The molecule has 0 saturated carbocycles. The maximum atomic E-state index is 13.1. The standard InChI is InChI=1S/C20H23N3O7S2/c1-28-19(25)17-12-21-20(31-17)22-18(24)13-5-7-23(8-6-13)32(26,27)14-3-4-15-16(11-14)30-10-2-9-29-15/h3-4,11-13H,2,5-10H2,1H3,(H,21,22,24). The fraction of sp³-hybridized carbons (Fsp3) is 0.450. The summed E-state index contributed by atoms with van der Waals surface area (Å²) in [5.41, 5.74) is 0. The van der Waals surface area contributed by atoms with Crippen molar-refractivity contribution in [1.29, 1.82) is 0 Å². The molecule has 3 heterocycles. The van der Waals surface area contributed by atoms with E-state index in [0.29, 0.717) is 47.6 Å². The number of ether oxygens (including phenoxy) is 3. The number of methoxy groups -OCH3 is 1. The molecule has 0 radical (unpaired) electrons. The van der Waals surface area contributed by atoms with Gasteiger partial charge in [-0.2, -0.15) is 4.31 Å². The van der Waals surface area contributed by atoms with Gasteiger partial charge in [0.05, 0.1) is 31.4 Å². The third kappa shape index (κ3) is 4.71. The maximum absolute atomic E-state index is 13.1. The Balaban J connectivity index is 1.37. The summed E-state index contributed by atoms with van der Waals surface area (Å²) in [6.45, 7) is 1.44. The zero-order valence-electron chi connectivity index (χ0n) is 17.4. The van der Waals surface area contributed by atoms with Crippen molar-refractivity contribution in [2.45, 2.75) is 24.2 Å². The highest BCUT2D eigenvalue weighted by molar-refractivity contribution is 7.89. The van der Waals surface area contributed by atoms with Crippen LogP contribution >= 0.6 is 11.3 Å². The third-order valence-corrected chi connectivity index (χ3v) is 8.09. The van der Waals surface area contributed by atoms with Crippen molar-refractivity contribution in [3.05, 3.63) is 29.3 Å². The van der Waals surface area contributed by atoms with Gasteiger partial charge in [0.25, 0.3) is 0 Å². The number of thiazole rings is 1. The minimum Gasteiger partial charge on any atom is -0.490 e. The van der Waals surface area contributed by atoms with E-state index in [1.807, 2.05) is 0 Å². The zero-order chi connectivity index (χ0) is 22.7. The highest BCUT2D eigenvalue weighted by Crippen LogP contribution is 2.34. The Kier molecular flexibility index (Phi) is 6.63. The van der Waals surface area contributed by atoms with E-state index in [0.717, 1.165) is 17.8 Å². The van der Waals surface area contributed by atoms with Gasteiger partial charge < -0.3 is 19.5 Å². The molecule has 0 atom stereocenters. The highest BCUT2D eigenvalue weighted by atomic mass is 32.2. The van der Waals surface area contributed by atoms with Crippen molar-refractivity contribution in [3.8, 4) is 11.5 Å². The Morgan fingerprint density at radius 2 is 1.91 bits per heavy atom. The van der Waals surface area contributed by atoms with E-state index in [-0.39, 0.29) is 29.8 Å². The molecule has 1 fully saturated rings. The van der Waals surface area contributed by atoms with Gasteiger partial charge in [-0.15, -0.1) is 0 Å². The van der Waals surface area contributed by atoms with Gasteiger partial charge in [0, 0.05) is 31.5 Å². The summed E-state index contributed by atoms with van der Waals surface area (Å²) in [6.07, 6.45) is 2.84. The topological polar surface area (TPSA) is 124 Å². The molecule has 32 heavy (non-hydrogen) atoms. The van der Waals surface area contributed by atoms with Crippen LogP contribution in [0.3, 0.4) is 0 Å². The van der Waals surface area contributed by atoms with Crippen molar-refractivity contribution >= 4 is 38.4 Å². The van der Waals surface area contributed by atoms with E-state index in [2.05, 4.69) is 15.0 Å². The van der Waals surface area contributed by atoms with Crippen LogP contribution in [0.4, 0.5) is 5.13 Å². The van der Waals surface area contributed by atoms with Crippen LogP contribution < -0.4 is 14.8 Å². The summed E-state index contributed by atoms with van der Waals surface area (Å²) >= 11 is 1.03. The third-order valence-electron chi connectivity index (χ3n) is 5.30. The molecular weight excluding hydrogens is 458 g/mol. The van der Waals surface area contributed by atoms with E-state index in [9.17, 15) is 18.0 Å². The first kappa shape index (κ1) is 22.5. The number of nitrogens with one attached hydrogen (secondary N) is 1. The molecule has 12 heteroatoms. The molecule has 0 bridgehead atoms. The second-order valence-corrected chi connectivity index (χ2v) is 10.3. The number of carbonyl (C=O) groups is 2. The molecule has 1 N–H and O–H groups in total. The number of fused-ring (bicyclic) bond motifs is 1. The number of piperidine rings is 1. The minimum atomic E-state index is -3.72. The zero-order valence-corrected chi connectivity index (χ0v) is 19.0. The molecule has 0 unspecified atom stereocenters.